The van der Waals surface area contributed by atoms with Crippen molar-refractivity contribution in [1.29, 1.82) is 0 Å². The van der Waals surface area contributed by atoms with Gasteiger partial charge in [0, 0.05) is 42.7 Å². The fourth-order valence-corrected chi connectivity index (χ4v) is 1.18. The molecule has 25 heavy (non-hydrogen) atoms. The molecule has 0 aliphatic carbocycles. The predicted octanol–water partition coefficient (Wildman–Crippen LogP) is -7.06. The van der Waals surface area contributed by atoms with Crippen molar-refractivity contribution in [2.24, 2.45) is 7.05 Å². The molecule has 0 radical (unpaired) electrons. The van der Waals surface area contributed by atoms with Crippen molar-refractivity contribution in [3.05, 3.63) is 68.5 Å². The monoisotopic (exact) mass is 400 g/mol. The number of carbonyl (C=O) groups excluding carboxylic acids is 3. The summed E-state index contributed by atoms with van der Waals surface area (Å²) in [6.45, 7) is -0.181. The van der Waals surface area contributed by atoms with Gasteiger partial charge in [-0.2, -0.15) is 0 Å². The van der Waals surface area contributed by atoms with Gasteiger partial charge in [-0.25, -0.2) is 0 Å². The molecule has 0 aliphatic heterocycles. The number of aryl methyl sites for hydroxylation is 1. The Morgan fingerprint density at radius 3 is 1.92 bits per heavy atom. The van der Waals surface area contributed by atoms with Crippen molar-refractivity contribution in [3.63, 3.8) is 0 Å². The van der Waals surface area contributed by atoms with Gasteiger partial charge in [-0.15, -0.1) is 0 Å². The molecule has 0 aromatic carbocycles. The Morgan fingerprint density at radius 1 is 1.04 bits per heavy atom. The molecule has 2 heterocycles. The second-order valence-electron chi connectivity index (χ2n) is 3.83. The number of nitrogens with zero attached hydrogens (tertiary/aromatic N) is 1. The molecule has 124 valence electrons. The second-order valence-corrected chi connectivity index (χ2v) is 3.83. The first-order valence-electron chi connectivity index (χ1n) is 5.96. The van der Waals surface area contributed by atoms with E-state index in [1.807, 2.05) is 0 Å². The summed E-state index contributed by atoms with van der Waals surface area (Å²) in [4.78, 5) is 54.9. The molecule has 9 nitrogen and oxygen atoms in total. The fraction of sp³-hybridized carbons (Fsp3) is 0.0714. The van der Waals surface area contributed by atoms with Gasteiger partial charge in [-0.1, -0.05) is 0 Å². The SMILES string of the molecule is Cn1cc(C=O)ccc1=O.O=CO[O-].O=Cc1ccc(=O)[nH]c1.[H-].[K+].[K+]. The third-order valence-electron chi connectivity index (χ3n) is 2.23. The van der Waals surface area contributed by atoms with E-state index in [4.69, 9.17) is 10.1 Å². The van der Waals surface area contributed by atoms with Crippen molar-refractivity contribution in [3.8, 4) is 0 Å². The third kappa shape index (κ3) is 14.8. The molecule has 0 amide bonds. The van der Waals surface area contributed by atoms with Gasteiger partial charge in [0.05, 0.1) is 0 Å². The van der Waals surface area contributed by atoms with Crippen LogP contribution in [0, 0.1) is 0 Å². The molecule has 2 aromatic rings. The van der Waals surface area contributed by atoms with E-state index in [1.54, 1.807) is 7.05 Å². The van der Waals surface area contributed by atoms with E-state index in [9.17, 15) is 19.2 Å². The zero-order valence-corrected chi connectivity index (χ0v) is 20.2. The van der Waals surface area contributed by atoms with Crippen LogP contribution < -0.4 is 119 Å². The summed E-state index contributed by atoms with van der Waals surface area (Å²) in [6.07, 6.45) is 4.25. The van der Waals surface area contributed by atoms with Gasteiger partial charge in [0.15, 0.2) is 12.6 Å². The van der Waals surface area contributed by atoms with Crippen molar-refractivity contribution >= 4 is 19.0 Å². The first kappa shape index (κ1) is 29.7. The number of aromatic amines is 1. The number of hydrogen-bond acceptors (Lipinski definition) is 7. The summed E-state index contributed by atoms with van der Waals surface area (Å²) in [5.41, 5.74) is 0.697. The van der Waals surface area contributed by atoms with E-state index in [1.165, 1.54) is 41.2 Å². The Morgan fingerprint density at radius 2 is 1.56 bits per heavy atom. The quantitative estimate of drug-likeness (QED) is 0.234. The summed E-state index contributed by atoms with van der Waals surface area (Å²) in [6, 6.07) is 5.63. The van der Waals surface area contributed by atoms with Crippen LogP contribution in [0.25, 0.3) is 0 Å². The maximum Gasteiger partial charge on any atom is 1.00 e. The summed E-state index contributed by atoms with van der Waals surface area (Å²) in [7, 11) is 1.61. The summed E-state index contributed by atoms with van der Waals surface area (Å²) >= 11 is 0. The minimum atomic E-state index is -0.194. The van der Waals surface area contributed by atoms with E-state index >= 15 is 0 Å². The first-order chi connectivity index (χ1) is 11.0. The van der Waals surface area contributed by atoms with Crippen LogP contribution in [0.5, 0.6) is 0 Å². The van der Waals surface area contributed by atoms with Crippen LogP contribution in [0.4, 0.5) is 0 Å². The van der Waals surface area contributed by atoms with Crippen LogP contribution in [-0.2, 0) is 16.7 Å². The molecule has 0 spiro atoms. The maximum atomic E-state index is 10.7. The maximum absolute atomic E-state index is 10.7. The Kier molecular flexibility index (Phi) is 22.2. The average Bonchev–Trinajstić information content (AvgIpc) is 2.59. The number of aromatic nitrogens is 2. The molecule has 0 fully saturated rings. The van der Waals surface area contributed by atoms with E-state index in [-0.39, 0.29) is 122 Å². The van der Waals surface area contributed by atoms with Gasteiger partial charge in [0.25, 0.3) is 6.47 Å². The average molecular weight is 400 g/mol. The van der Waals surface area contributed by atoms with E-state index in [0.717, 1.165) is 0 Å². The molecule has 0 saturated heterocycles. The van der Waals surface area contributed by atoms with Crippen LogP contribution in [0.2, 0.25) is 0 Å². The minimum Gasteiger partial charge on any atom is -1.00 e. The van der Waals surface area contributed by atoms with Gasteiger partial charge < -0.3 is 21.1 Å². The second kappa shape index (κ2) is 18.7. The largest absolute Gasteiger partial charge is 1.00 e. The molecule has 0 aliphatic rings. The fourth-order valence-electron chi connectivity index (χ4n) is 1.18. The number of nitrogens with one attached hydrogen (secondary N) is 1. The molecule has 0 saturated carbocycles. The van der Waals surface area contributed by atoms with Crippen LogP contribution in [0.3, 0.4) is 0 Å². The Labute approximate surface area is 229 Å². The standard InChI is InChI=1S/C7H7NO2.C6H5NO2.CH2O3.2K.H/c1-8-4-6(5-9)2-3-7(8)10;8-4-5-1-2-6(9)7-3-5;2-1-4-3;;;/h2-5H,1H3;1-4H,(H,7,9);1,3H;;;/q;;;2*+1;-1/p-1. The Balaban J connectivity index is -0.000000142. The van der Waals surface area contributed by atoms with E-state index in [0.29, 0.717) is 23.7 Å². The zero-order valence-electron chi connectivity index (χ0n) is 15.0. The van der Waals surface area contributed by atoms with Gasteiger partial charge in [0.2, 0.25) is 11.1 Å². The molecule has 11 heteroatoms. The smallest absolute Gasteiger partial charge is 1.00 e. The number of hydrogen-bond donors (Lipinski definition) is 1. The van der Waals surface area contributed by atoms with Gasteiger partial charge in [0.1, 0.15) is 0 Å². The van der Waals surface area contributed by atoms with E-state index < -0.39 is 0 Å². The van der Waals surface area contributed by atoms with E-state index in [2.05, 4.69) is 9.87 Å². The van der Waals surface area contributed by atoms with Crippen molar-refractivity contribution in [1.82, 2.24) is 9.55 Å². The molecular weight excluding hydrogens is 386 g/mol. The first-order valence-corrected chi connectivity index (χ1v) is 5.96. The van der Waals surface area contributed by atoms with Gasteiger partial charge in [-0.3, -0.25) is 24.0 Å². The molecular formula is C14H14K2N2O7. The van der Waals surface area contributed by atoms with Crippen molar-refractivity contribution in [2.75, 3.05) is 0 Å². The third-order valence-corrected chi connectivity index (χ3v) is 2.23. The number of pyridine rings is 2. The van der Waals surface area contributed by atoms with Gasteiger partial charge in [-0.05, 0) is 12.1 Å². The summed E-state index contributed by atoms with van der Waals surface area (Å²) < 4.78 is 1.36. The Hall–Kier alpha value is -0.0573. The van der Waals surface area contributed by atoms with Gasteiger partial charge >= 0.3 is 103 Å². The molecule has 1 N–H and O–H groups in total. The normalized spacial score (nSPS) is 7.76. The number of aldehydes is 2. The molecule has 0 atom stereocenters. The molecule has 0 unspecified atom stereocenters. The minimum absolute atomic E-state index is 0. The van der Waals surface area contributed by atoms with Crippen molar-refractivity contribution in [2.45, 2.75) is 0 Å². The number of H-pyrrole nitrogens is 1. The van der Waals surface area contributed by atoms with Crippen LogP contribution in [0.15, 0.2) is 46.2 Å². The van der Waals surface area contributed by atoms with Crippen molar-refractivity contribution < 1.29 is 129 Å². The summed E-state index contributed by atoms with van der Waals surface area (Å²) in [5, 5.41) is 8.43. The topological polar surface area (TPSA) is 138 Å². The Bertz CT molecular complexity index is 745. The van der Waals surface area contributed by atoms with Crippen LogP contribution in [-0.4, -0.2) is 28.6 Å². The molecule has 2 rings (SSSR count). The molecule has 0 bridgehead atoms. The predicted molar refractivity (Wildman–Crippen MR) is 77.8 cm³/mol. The zero-order chi connectivity index (χ0) is 17.7. The number of rotatable bonds is 3. The van der Waals surface area contributed by atoms with Crippen LogP contribution in [0.1, 0.15) is 22.1 Å². The molecule has 2 aromatic heterocycles. The summed E-state index contributed by atoms with van der Waals surface area (Å²) in [5.74, 6) is 0. The number of carbonyl (C=O) groups is 3. The van der Waals surface area contributed by atoms with Crippen LogP contribution >= 0.6 is 0 Å².